The standard InChI is InChI=1S/C14H22N2O4/c1-11(2)5-6-16-13(17)12(3)9-15(14(16)18)10-20-8-7-19-4/h5,9H,6-8,10H2,1-4H3. The van der Waals surface area contributed by atoms with Gasteiger partial charge in [0.25, 0.3) is 5.56 Å². The predicted molar refractivity (Wildman–Crippen MR) is 77.0 cm³/mol. The molecule has 112 valence electrons. The van der Waals surface area contributed by atoms with E-state index in [1.165, 1.54) is 15.3 Å². The molecule has 1 aromatic rings. The van der Waals surface area contributed by atoms with Gasteiger partial charge in [0.05, 0.1) is 13.2 Å². The lowest BCUT2D eigenvalue weighted by molar-refractivity contribution is 0.0314. The Labute approximate surface area is 118 Å². The molecule has 0 saturated heterocycles. The van der Waals surface area contributed by atoms with Crippen molar-refractivity contribution >= 4 is 0 Å². The number of methoxy groups -OCH3 is 1. The van der Waals surface area contributed by atoms with Crippen LogP contribution in [0.15, 0.2) is 27.4 Å². The van der Waals surface area contributed by atoms with Gasteiger partial charge in [0, 0.05) is 25.4 Å². The van der Waals surface area contributed by atoms with Gasteiger partial charge >= 0.3 is 5.69 Å². The van der Waals surface area contributed by atoms with Gasteiger partial charge in [-0.15, -0.1) is 0 Å². The van der Waals surface area contributed by atoms with Crippen LogP contribution in [0.5, 0.6) is 0 Å². The molecule has 0 aliphatic carbocycles. The van der Waals surface area contributed by atoms with Gasteiger partial charge in [-0.1, -0.05) is 11.6 Å². The van der Waals surface area contributed by atoms with Crippen molar-refractivity contribution in [2.24, 2.45) is 0 Å². The van der Waals surface area contributed by atoms with Crippen LogP contribution in [0.4, 0.5) is 0 Å². The van der Waals surface area contributed by atoms with Gasteiger partial charge < -0.3 is 9.47 Å². The smallest absolute Gasteiger partial charge is 0.333 e. The van der Waals surface area contributed by atoms with E-state index < -0.39 is 0 Å². The Bertz CT molecular complexity index is 580. The number of rotatable bonds is 7. The molecule has 0 aromatic carbocycles. The highest BCUT2D eigenvalue weighted by atomic mass is 16.5. The summed E-state index contributed by atoms with van der Waals surface area (Å²) in [6.45, 7) is 6.78. The quantitative estimate of drug-likeness (QED) is 0.551. The molecule has 0 aliphatic rings. The molecule has 1 heterocycles. The minimum atomic E-state index is -0.365. The first-order valence-corrected chi connectivity index (χ1v) is 6.48. The van der Waals surface area contributed by atoms with E-state index in [0.717, 1.165) is 5.57 Å². The largest absolute Gasteiger partial charge is 0.382 e. The van der Waals surface area contributed by atoms with Gasteiger partial charge in [0.1, 0.15) is 6.73 Å². The fourth-order valence-electron chi connectivity index (χ4n) is 1.63. The number of nitrogens with zero attached hydrogens (tertiary/aromatic N) is 2. The van der Waals surface area contributed by atoms with Crippen LogP contribution in [0.1, 0.15) is 19.4 Å². The van der Waals surface area contributed by atoms with Crippen LogP contribution >= 0.6 is 0 Å². The fraction of sp³-hybridized carbons (Fsp3) is 0.571. The summed E-state index contributed by atoms with van der Waals surface area (Å²) in [6, 6.07) is 0. The Morgan fingerprint density at radius 3 is 2.60 bits per heavy atom. The Morgan fingerprint density at radius 1 is 1.30 bits per heavy atom. The van der Waals surface area contributed by atoms with Gasteiger partial charge in [-0.3, -0.25) is 13.9 Å². The molecule has 1 aromatic heterocycles. The van der Waals surface area contributed by atoms with Crippen molar-refractivity contribution in [3.05, 3.63) is 44.2 Å². The van der Waals surface area contributed by atoms with E-state index in [0.29, 0.717) is 18.8 Å². The SMILES string of the molecule is COCCOCn1cc(C)c(=O)n(CC=C(C)C)c1=O. The number of ether oxygens (including phenoxy) is 2. The zero-order chi connectivity index (χ0) is 15.1. The lowest BCUT2D eigenvalue weighted by Crippen LogP contribution is -2.40. The molecule has 20 heavy (non-hydrogen) atoms. The third kappa shape index (κ3) is 4.47. The average Bonchev–Trinajstić information content (AvgIpc) is 2.40. The fourth-order valence-corrected chi connectivity index (χ4v) is 1.63. The predicted octanol–water partition coefficient (Wildman–Crippen LogP) is 0.905. The van der Waals surface area contributed by atoms with E-state index in [9.17, 15) is 9.59 Å². The zero-order valence-electron chi connectivity index (χ0n) is 12.5. The molecule has 6 nitrogen and oxygen atoms in total. The van der Waals surface area contributed by atoms with Crippen molar-refractivity contribution < 1.29 is 9.47 Å². The number of hydrogen-bond donors (Lipinski definition) is 0. The second-order valence-electron chi connectivity index (χ2n) is 4.79. The highest BCUT2D eigenvalue weighted by Crippen LogP contribution is 1.92. The Hall–Kier alpha value is -1.66. The van der Waals surface area contributed by atoms with Crippen molar-refractivity contribution in [1.29, 1.82) is 0 Å². The minimum absolute atomic E-state index is 0.109. The maximum absolute atomic E-state index is 12.2. The molecule has 0 bridgehead atoms. The van der Waals surface area contributed by atoms with Gasteiger partial charge in [-0.2, -0.15) is 0 Å². The van der Waals surface area contributed by atoms with E-state index in [1.807, 2.05) is 19.9 Å². The van der Waals surface area contributed by atoms with E-state index in [1.54, 1.807) is 14.0 Å². The van der Waals surface area contributed by atoms with Crippen LogP contribution in [0, 0.1) is 6.92 Å². The van der Waals surface area contributed by atoms with E-state index in [-0.39, 0.29) is 24.5 Å². The van der Waals surface area contributed by atoms with Crippen molar-refractivity contribution in [3.63, 3.8) is 0 Å². The summed E-state index contributed by atoms with van der Waals surface area (Å²) in [7, 11) is 1.58. The molecule has 0 amide bonds. The number of hydrogen-bond acceptors (Lipinski definition) is 4. The summed E-state index contributed by atoms with van der Waals surface area (Å²) in [6.07, 6.45) is 3.37. The highest BCUT2D eigenvalue weighted by molar-refractivity contribution is 5.04. The number of aromatic nitrogens is 2. The lowest BCUT2D eigenvalue weighted by Gasteiger charge is -2.11. The van der Waals surface area contributed by atoms with Crippen molar-refractivity contribution in [2.75, 3.05) is 20.3 Å². The molecule has 0 atom stereocenters. The lowest BCUT2D eigenvalue weighted by atomic mass is 10.3. The summed E-state index contributed by atoms with van der Waals surface area (Å²) in [5.41, 5.74) is 0.943. The first-order chi connectivity index (χ1) is 9.47. The van der Waals surface area contributed by atoms with Crippen LogP contribution in [0.2, 0.25) is 0 Å². The topological polar surface area (TPSA) is 62.5 Å². The summed E-state index contributed by atoms with van der Waals surface area (Å²) >= 11 is 0. The van der Waals surface area contributed by atoms with Crippen LogP contribution in [0.3, 0.4) is 0 Å². The summed E-state index contributed by atoms with van der Waals surface area (Å²) < 4.78 is 12.8. The Morgan fingerprint density at radius 2 is 2.00 bits per heavy atom. The normalized spacial score (nSPS) is 10.6. The minimum Gasteiger partial charge on any atom is -0.382 e. The molecule has 0 N–H and O–H groups in total. The number of allylic oxidation sites excluding steroid dienone is 2. The first-order valence-electron chi connectivity index (χ1n) is 6.48. The highest BCUT2D eigenvalue weighted by Gasteiger charge is 2.07. The Balaban J connectivity index is 3.00. The van der Waals surface area contributed by atoms with Crippen molar-refractivity contribution in [3.8, 4) is 0 Å². The van der Waals surface area contributed by atoms with Gasteiger partial charge in [0.2, 0.25) is 0 Å². The van der Waals surface area contributed by atoms with Gasteiger partial charge in [-0.25, -0.2) is 4.79 Å². The molecule has 6 heteroatoms. The second-order valence-corrected chi connectivity index (χ2v) is 4.79. The third-order valence-electron chi connectivity index (χ3n) is 2.75. The third-order valence-corrected chi connectivity index (χ3v) is 2.75. The van der Waals surface area contributed by atoms with E-state index >= 15 is 0 Å². The van der Waals surface area contributed by atoms with Gasteiger partial charge in [-0.05, 0) is 20.8 Å². The van der Waals surface area contributed by atoms with Gasteiger partial charge in [0.15, 0.2) is 0 Å². The average molecular weight is 282 g/mol. The molecule has 0 fully saturated rings. The molecule has 0 radical (unpaired) electrons. The molecule has 0 spiro atoms. The van der Waals surface area contributed by atoms with E-state index in [4.69, 9.17) is 9.47 Å². The second kappa shape index (κ2) is 7.81. The monoisotopic (exact) mass is 282 g/mol. The van der Waals surface area contributed by atoms with Crippen LogP contribution < -0.4 is 11.2 Å². The maximum Gasteiger partial charge on any atom is 0.333 e. The zero-order valence-corrected chi connectivity index (χ0v) is 12.5. The molecular weight excluding hydrogens is 260 g/mol. The molecular formula is C14H22N2O4. The van der Waals surface area contributed by atoms with Crippen LogP contribution in [-0.4, -0.2) is 29.5 Å². The van der Waals surface area contributed by atoms with E-state index in [2.05, 4.69) is 0 Å². The van der Waals surface area contributed by atoms with Crippen LogP contribution in [-0.2, 0) is 22.7 Å². The molecule has 0 aliphatic heterocycles. The molecule has 1 rings (SSSR count). The van der Waals surface area contributed by atoms with Crippen molar-refractivity contribution in [1.82, 2.24) is 9.13 Å². The molecule has 0 saturated carbocycles. The molecule has 0 unspecified atom stereocenters. The summed E-state index contributed by atoms with van der Waals surface area (Å²) in [5, 5.41) is 0. The maximum atomic E-state index is 12.2. The summed E-state index contributed by atoms with van der Waals surface area (Å²) in [4.78, 5) is 24.2. The first kappa shape index (κ1) is 16.4. The van der Waals surface area contributed by atoms with Crippen molar-refractivity contribution in [2.45, 2.75) is 34.0 Å². The summed E-state index contributed by atoms with van der Waals surface area (Å²) in [5.74, 6) is 0. The van der Waals surface area contributed by atoms with Crippen LogP contribution in [0.25, 0.3) is 0 Å². The number of aryl methyl sites for hydroxylation is 1. The Kier molecular flexibility index (Phi) is 6.41.